The first-order chi connectivity index (χ1) is 17.0. The Morgan fingerprint density at radius 3 is 2.80 bits per heavy atom. The number of fused-ring (bicyclic) bond motifs is 1. The van der Waals surface area contributed by atoms with E-state index in [-0.39, 0.29) is 5.91 Å². The van der Waals surface area contributed by atoms with Gasteiger partial charge in [0.25, 0.3) is 0 Å². The van der Waals surface area contributed by atoms with Crippen molar-refractivity contribution in [3.05, 3.63) is 54.4 Å². The van der Waals surface area contributed by atoms with Crippen LogP contribution in [0.15, 0.2) is 48.7 Å². The molecule has 1 amide bonds. The van der Waals surface area contributed by atoms with Gasteiger partial charge in [-0.25, -0.2) is 0 Å². The number of benzene rings is 1. The molecule has 2 fully saturated rings. The second-order valence-electron chi connectivity index (χ2n) is 9.40. The predicted octanol–water partition coefficient (Wildman–Crippen LogP) is 4.08. The first-order valence-corrected chi connectivity index (χ1v) is 11.9. The number of aromatic nitrogens is 5. The quantitative estimate of drug-likeness (QED) is 0.371. The average molecular weight is 473 g/mol. The summed E-state index contributed by atoms with van der Waals surface area (Å²) in [5.41, 5.74) is 1.83. The number of rotatable bonds is 7. The summed E-state index contributed by atoms with van der Waals surface area (Å²) < 4.78 is 7.10. The van der Waals surface area contributed by atoms with Crippen LogP contribution in [0.5, 0.6) is 5.75 Å². The highest BCUT2D eigenvalue weighted by atomic mass is 16.5. The van der Waals surface area contributed by atoms with Gasteiger partial charge in [0.1, 0.15) is 16.9 Å². The fourth-order valence-electron chi connectivity index (χ4n) is 4.71. The van der Waals surface area contributed by atoms with Crippen molar-refractivity contribution < 1.29 is 9.53 Å². The number of hydrogen-bond donors (Lipinski definition) is 3. The zero-order chi connectivity index (χ0) is 24.0. The Balaban J connectivity index is 1.29. The first kappa shape index (κ1) is 21.5. The van der Waals surface area contributed by atoms with Crippen molar-refractivity contribution in [3.8, 4) is 5.75 Å². The number of ether oxygens (including phenoxy) is 1. The molecule has 2 aliphatic rings. The molecule has 0 spiro atoms. The Morgan fingerprint density at radius 2 is 2.03 bits per heavy atom. The minimum Gasteiger partial charge on any atom is -0.497 e. The molecule has 180 valence electrons. The Labute approximate surface area is 202 Å². The van der Waals surface area contributed by atoms with Gasteiger partial charge in [0.2, 0.25) is 17.8 Å². The molecule has 0 unspecified atom stereocenters. The molecule has 4 heterocycles. The number of carbonyl (C=O) groups is 1. The van der Waals surface area contributed by atoms with E-state index >= 15 is 0 Å². The third-order valence-corrected chi connectivity index (χ3v) is 6.95. The highest BCUT2D eigenvalue weighted by Crippen LogP contribution is 2.40. The van der Waals surface area contributed by atoms with Gasteiger partial charge in [-0.05, 0) is 69.0 Å². The Hall–Kier alpha value is -4.08. The highest BCUT2D eigenvalue weighted by molar-refractivity contribution is 6.00. The molecule has 10 heteroatoms. The molecule has 10 nitrogen and oxygen atoms in total. The molecule has 1 aliphatic carbocycles. The van der Waals surface area contributed by atoms with Crippen molar-refractivity contribution >= 4 is 35.0 Å². The monoisotopic (exact) mass is 472 g/mol. The number of nitrogens with one attached hydrogen (secondary N) is 3. The summed E-state index contributed by atoms with van der Waals surface area (Å²) in [6.45, 7) is 2.64. The third-order valence-electron chi connectivity index (χ3n) is 6.95. The SMILES string of the molecule is COc1ccc(NC(=O)[C@]2(C)CCCN2c2nc(Nc3cc(C4CC4)[nH]n3)n3cccc3n2)cc1. The fraction of sp³-hybridized carbons (Fsp3) is 0.360. The van der Waals surface area contributed by atoms with Crippen LogP contribution in [0.25, 0.3) is 5.65 Å². The number of carbonyl (C=O) groups excluding carboxylic acids is 1. The lowest BCUT2D eigenvalue weighted by atomic mass is 9.97. The molecule has 1 aliphatic heterocycles. The van der Waals surface area contributed by atoms with E-state index in [1.807, 2.05) is 64.9 Å². The summed E-state index contributed by atoms with van der Waals surface area (Å²) in [5.74, 6) is 3.07. The Bertz CT molecular complexity index is 1370. The molecule has 35 heavy (non-hydrogen) atoms. The summed E-state index contributed by atoms with van der Waals surface area (Å²) in [4.78, 5) is 25.1. The predicted molar refractivity (Wildman–Crippen MR) is 133 cm³/mol. The molecular weight excluding hydrogens is 444 g/mol. The van der Waals surface area contributed by atoms with Crippen molar-refractivity contribution in [3.63, 3.8) is 0 Å². The van der Waals surface area contributed by atoms with E-state index in [4.69, 9.17) is 14.7 Å². The van der Waals surface area contributed by atoms with E-state index in [9.17, 15) is 4.79 Å². The van der Waals surface area contributed by atoms with Gasteiger partial charge in [0.05, 0.1) is 7.11 Å². The van der Waals surface area contributed by atoms with Gasteiger partial charge < -0.3 is 20.3 Å². The summed E-state index contributed by atoms with van der Waals surface area (Å²) in [5, 5.41) is 13.9. The van der Waals surface area contributed by atoms with Crippen molar-refractivity contribution in [2.24, 2.45) is 0 Å². The number of amides is 1. The topological polar surface area (TPSA) is 112 Å². The normalized spacial score (nSPS) is 19.8. The summed E-state index contributed by atoms with van der Waals surface area (Å²) >= 11 is 0. The Morgan fingerprint density at radius 1 is 1.20 bits per heavy atom. The number of hydrogen-bond acceptors (Lipinski definition) is 7. The maximum absolute atomic E-state index is 13.5. The molecule has 1 atom stereocenters. The van der Waals surface area contributed by atoms with Gasteiger partial charge in [-0.3, -0.25) is 14.3 Å². The van der Waals surface area contributed by atoms with Gasteiger partial charge in [-0.2, -0.15) is 15.1 Å². The molecule has 1 saturated heterocycles. The van der Waals surface area contributed by atoms with Crippen LogP contribution >= 0.6 is 0 Å². The fourth-order valence-corrected chi connectivity index (χ4v) is 4.71. The van der Waals surface area contributed by atoms with Crippen LogP contribution in [-0.4, -0.2) is 49.7 Å². The molecule has 3 aromatic heterocycles. The number of aromatic amines is 1. The molecule has 6 rings (SSSR count). The van der Waals surface area contributed by atoms with E-state index in [1.54, 1.807) is 7.11 Å². The van der Waals surface area contributed by atoms with E-state index in [2.05, 4.69) is 20.8 Å². The summed E-state index contributed by atoms with van der Waals surface area (Å²) in [7, 11) is 1.62. The molecule has 1 saturated carbocycles. The molecular formula is C25H28N8O2. The number of methoxy groups -OCH3 is 1. The molecule has 0 radical (unpaired) electrons. The van der Waals surface area contributed by atoms with E-state index in [1.165, 1.54) is 12.8 Å². The summed E-state index contributed by atoms with van der Waals surface area (Å²) in [6, 6.07) is 13.2. The molecule has 1 aromatic carbocycles. The number of H-pyrrole nitrogens is 1. The molecule has 4 aromatic rings. The van der Waals surface area contributed by atoms with E-state index in [0.717, 1.165) is 29.2 Å². The highest BCUT2D eigenvalue weighted by Gasteiger charge is 2.45. The number of anilines is 4. The Kier molecular flexibility index (Phi) is 5.09. The second kappa shape index (κ2) is 8.30. The standard InChI is InChI=1S/C25H28N8O2/c1-25(22(34)26-17-8-10-18(35-2)11-9-17)12-4-14-33(25)24-28-21-5-3-13-32(21)23(29-24)27-20-15-19(30-31-20)16-6-7-16/h3,5,8-11,13,15-16H,4,6-7,12,14H2,1-2H3,(H,26,34)(H2,27,28,29,30,31)/t25-/m0/s1. The van der Waals surface area contributed by atoms with E-state index < -0.39 is 5.54 Å². The maximum atomic E-state index is 13.5. The van der Waals surface area contributed by atoms with Crippen LogP contribution in [0.4, 0.5) is 23.4 Å². The molecule has 3 N–H and O–H groups in total. The van der Waals surface area contributed by atoms with Crippen molar-refractivity contribution in [2.45, 2.75) is 44.1 Å². The number of nitrogens with zero attached hydrogens (tertiary/aromatic N) is 5. The average Bonchev–Trinajstić information content (AvgIpc) is 3.23. The lowest BCUT2D eigenvalue weighted by Gasteiger charge is -2.34. The van der Waals surface area contributed by atoms with Gasteiger partial charge >= 0.3 is 0 Å². The van der Waals surface area contributed by atoms with Crippen LogP contribution in [0.2, 0.25) is 0 Å². The second-order valence-corrected chi connectivity index (χ2v) is 9.40. The third kappa shape index (κ3) is 3.94. The zero-order valence-corrected chi connectivity index (χ0v) is 19.8. The van der Waals surface area contributed by atoms with Crippen LogP contribution < -0.4 is 20.3 Å². The minimum atomic E-state index is -0.784. The molecule has 0 bridgehead atoms. The largest absolute Gasteiger partial charge is 0.497 e. The maximum Gasteiger partial charge on any atom is 0.250 e. The van der Waals surface area contributed by atoms with Crippen LogP contribution in [0.1, 0.15) is 44.2 Å². The van der Waals surface area contributed by atoms with Crippen molar-refractivity contribution in [1.82, 2.24) is 24.6 Å². The lowest BCUT2D eigenvalue weighted by molar-refractivity contribution is -0.120. The van der Waals surface area contributed by atoms with Gasteiger partial charge in [0, 0.05) is 36.1 Å². The van der Waals surface area contributed by atoms with Crippen LogP contribution in [-0.2, 0) is 4.79 Å². The first-order valence-electron chi connectivity index (χ1n) is 11.9. The van der Waals surface area contributed by atoms with Gasteiger partial charge in [0.15, 0.2) is 5.82 Å². The van der Waals surface area contributed by atoms with Crippen molar-refractivity contribution in [1.29, 1.82) is 0 Å². The van der Waals surface area contributed by atoms with Crippen LogP contribution in [0, 0.1) is 0 Å². The lowest BCUT2D eigenvalue weighted by Crippen LogP contribution is -2.51. The van der Waals surface area contributed by atoms with Gasteiger partial charge in [-0.1, -0.05) is 0 Å². The van der Waals surface area contributed by atoms with E-state index in [0.29, 0.717) is 36.6 Å². The van der Waals surface area contributed by atoms with Crippen LogP contribution in [0.3, 0.4) is 0 Å². The van der Waals surface area contributed by atoms with Gasteiger partial charge in [-0.15, -0.1) is 0 Å². The minimum absolute atomic E-state index is 0.0880. The summed E-state index contributed by atoms with van der Waals surface area (Å²) in [6.07, 6.45) is 5.89. The zero-order valence-electron chi connectivity index (χ0n) is 19.8. The van der Waals surface area contributed by atoms with Crippen molar-refractivity contribution in [2.75, 3.05) is 29.2 Å². The smallest absolute Gasteiger partial charge is 0.250 e.